The van der Waals surface area contributed by atoms with Crippen molar-refractivity contribution < 1.29 is 8.78 Å². The minimum atomic E-state index is -0.582. The summed E-state index contributed by atoms with van der Waals surface area (Å²) in [5.74, 6) is -1.15. The lowest BCUT2D eigenvalue weighted by molar-refractivity contribution is 0.614. The summed E-state index contributed by atoms with van der Waals surface area (Å²) in [6.45, 7) is 0. The molecule has 0 aliphatic heterocycles. The molecule has 1 aromatic carbocycles. The van der Waals surface area contributed by atoms with E-state index in [4.69, 9.17) is 0 Å². The number of rotatable bonds is 1. The van der Waals surface area contributed by atoms with Crippen LogP contribution in [-0.4, -0.2) is 15.3 Å². The number of halogens is 2. The standard InChI is InChI=1S/C9H4F2N2S/c10-5-1-2-6(11)9-8(5)7(3-14)12-4-13-9/h1-4H. The molecule has 2 aromatic rings. The van der Waals surface area contributed by atoms with Gasteiger partial charge in [0.15, 0.2) is 0 Å². The molecule has 0 unspecified atom stereocenters. The van der Waals surface area contributed by atoms with Gasteiger partial charge in [0.2, 0.25) is 0 Å². The van der Waals surface area contributed by atoms with Crippen molar-refractivity contribution in [3.8, 4) is 0 Å². The average molecular weight is 210 g/mol. The largest absolute Gasteiger partial charge is 0.235 e. The molecular weight excluding hydrogens is 206 g/mol. The molecule has 2 nitrogen and oxygen atoms in total. The van der Waals surface area contributed by atoms with Gasteiger partial charge in [0.25, 0.3) is 0 Å². The topological polar surface area (TPSA) is 25.8 Å². The van der Waals surface area contributed by atoms with Crippen molar-refractivity contribution in [1.82, 2.24) is 9.97 Å². The lowest BCUT2D eigenvalue weighted by Crippen LogP contribution is -1.95. The first-order chi connectivity index (χ1) is 6.74. The Labute approximate surface area is 83.6 Å². The van der Waals surface area contributed by atoms with E-state index in [1.165, 1.54) is 5.37 Å². The predicted octanol–water partition coefficient (Wildman–Crippen LogP) is 2.26. The van der Waals surface area contributed by atoms with Gasteiger partial charge in [0.1, 0.15) is 23.5 Å². The van der Waals surface area contributed by atoms with E-state index in [0.29, 0.717) is 0 Å². The van der Waals surface area contributed by atoms with Crippen molar-refractivity contribution in [3.05, 3.63) is 35.8 Å². The fourth-order valence-electron chi connectivity index (χ4n) is 1.21. The van der Waals surface area contributed by atoms with Crippen LogP contribution in [0.3, 0.4) is 0 Å². The Morgan fingerprint density at radius 3 is 2.57 bits per heavy atom. The van der Waals surface area contributed by atoms with E-state index in [-0.39, 0.29) is 16.6 Å². The molecule has 14 heavy (non-hydrogen) atoms. The minimum Gasteiger partial charge on any atom is -0.235 e. The monoisotopic (exact) mass is 210 g/mol. The van der Waals surface area contributed by atoms with Crippen LogP contribution in [0.25, 0.3) is 10.9 Å². The molecule has 0 aliphatic rings. The number of benzene rings is 1. The fourth-order valence-corrected chi connectivity index (χ4v) is 1.39. The van der Waals surface area contributed by atoms with Crippen LogP contribution in [0, 0.1) is 11.6 Å². The molecule has 0 atom stereocenters. The maximum absolute atomic E-state index is 13.3. The van der Waals surface area contributed by atoms with E-state index in [9.17, 15) is 8.78 Å². The van der Waals surface area contributed by atoms with Gasteiger partial charge in [-0.3, -0.25) is 0 Å². The van der Waals surface area contributed by atoms with Crippen LogP contribution in [0.2, 0.25) is 0 Å². The summed E-state index contributed by atoms with van der Waals surface area (Å²) < 4.78 is 26.5. The van der Waals surface area contributed by atoms with Crippen molar-refractivity contribution in [2.24, 2.45) is 0 Å². The first-order valence-electron chi connectivity index (χ1n) is 3.78. The summed E-state index contributed by atoms with van der Waals surface area (Å²) in [4.78, 5) is 7.41. The highest BCUT2D eigenvalue weighted by atomic mass is 32.1. The van der Waals surface area contributed by atoms with Crippen LogP contribution in [0.4, 0.5) is 8.78 Å². The van der Waals surface area contributed by atoms with Gasteiger partial charge < -0.3 is 0 Å². The van der Waals surface area contributed by atoms with Gasteiger partial charge in [-0.05, 0) is 12.1 Å². The SMILES string of the molecule is Fc1ccc(F)c2c(C=S)ncnc12. The van der Waals surface area contributed by atoms with Gasteiger partial charge in [0.05, 0.1) is 11.1 Å². The van der Waals surface area contributed by atoms with E-state index in [0.717, 1.165) is 18.5 Å². The zero-order valence-corrected chi connectivity index (χ0v) is 7.68. The van der Waals surface area contributed by atoms with Gasteiger partial charge >= 0.3 is 0 Å². The van der Waals surface area contributed by atoms with Crippen LogP contribution in [0.15, 0.2) is 18.5 Å². The molecule has 1 aromatic heterocycles. The Bertz CT molecular complexity index is 513. The van der Waals surface area contributed by atoms with Gasteiger partial charge in [-0.2, -0.15) is 0 Å². The molecule has 0 amide bonds. The van der Waals surface area contributed by atoms with Crippen LogP contribution in [0.5, 0.6) is 0 Å². The van der Waals surface area contributed by atoms with Crippen LogP contribution >= 0.6 is 12.2 Å². The van der Waals surface area contributed by atoms with Crippen molar-refractivity contribution in [3.63, 3.8) is 0 Å². The zero-order chi connectivity index (χ0) is 10.1. The second-order valence-corrected chi connectivity index (χ2v) is 2.87. The quantitative estimate of drug-likeness (QED) is 0.675. The summed E-state index contributed by atoms with van der Waals surface area (Å²) in [7, 11) is 0. The third-order valence-electron chi connectivity index (χ3n) is 1.83. The highest BCUT2D eigenvalue weighted by molar-refractivity contribution is 7.79. The number of thiocarbonyl (C=S) groups is 1. The number of hydrogen-bond donors (Lipinski definition) is 0. The van der Waals surface area contributed by atoms with Crippen LogP contribution in [0.1, 0.15) is 5.69 Å². The number of hydrogen-bond acceptors (Lipinski definition) is 3. The van der Waals surface area contributed by atoms with Gasteiger partial charge in [-0.1, -0.05) is 12.2 Å². The first kappa shape index (κ1) is 9.08. The number of nitrogens with zero attached hydrogens (tertiary/aromatic N) is 2. The van der Waals surface area contributed by atoms with E-state index in [1.54, 1.807) is 0 Å². The maximum atomic E-state index is 13.3. The second kappa shape index (κ2) is 3.34. The van der Waals surface area contributed by atoms with Crippen molar-refractivity contribution in [1.29, 1.82) is 0 Å². The molecule has 0 bridgehead atoms. The van der Waals surface area contributed by atoms with E-state index < -0.39 is 11.6 Å². The average Bonchev–Trinajstić information content (AvgIpc) is 2.23. The normalized spacial score (nSPS) is 10.4. The molecule has 5 heteroatoms. The summed E-state index contributed by atoms with van der Waals surface area (Å²) in [6, 6.07) is 2.06. The maximum Gasteiger partial charge on any atom is 0.149 e. The molecule has 0 aliphatic carbocycles. The molecule has 2 rings (SSSR count). The third kappa shape index (κ3) is 1.26. The van der Waals surface area contributed by atoms with Crippen molar-refractivity contribution in [2.45, 2.75) is 0 Å². The zero-order valence-electron chi connectivity index (χ0n) is 6.87. The van der Waals surface area contributed by atoms with Gasteiger partial charge in [-0.25, -0.2) is 18.7 Å². The van der Waals surface area contributed by atoms with E-state index >= 15 is 0 Å². The van der Waals surface area contributed by atoms with Gasteiger partial charge in [0, 0.05) is 5.37 Å². The van der Waals surface area contributed by atoms with Crippen LogP contribution < -0.4 is 0 Å². The summed E-state index contributed by atoms with van der Waals surface area (Å²) in [5.41, 5.74) is 0.179. The predicted molar refractivity (Wildman–Crippen MR) is 52.2 cm³/mol. The molecule has 0 radical (unpaired) electrons. The molecular formula is C9H4F2N2S. The third-order valence-corrected chi connectivity index (χ3v) is 2.05. The number of fused-ring (bicyclic) bond motifs is 1. The lowest BCUT2D eigenvalue weighted by atomic mass is 10.2. The highest BCUT2D eigenvalue weighted by Crippen LogP contribution is 2.20. The summed E-state index contributed by atoms with van der Waals surface area (Å²) in [6.07, 6.45) is 1.16. The molecule has 1 heterocycles. The van der Waals surface area contributed by atoms with Crippen molar-refractivity contribution in [2.75, 3.05) is 0 Å². The van der Waals surface area contributed by atoms with E-state index in [1.807, 2.05) is 0 Å². The smallest absolute Gasteiger partial charge is 0.149 e. The Morgan fingerprint density at radius 2 is 1.86 bits per heavy atom. The van der Waals surface area contributed by atoms with Gasteiger partial charge in [-0.15, -0.1) is 0 Å². The second-order valence-electron chi connectivity index (χ2n) is 2.63. The van der Waals surface area contributed by atoms with E-state index in [2.05, 4.69) is 22.2 Å². The molecule has 0 saturated heterocycles. The van der Waals surface area contributed by atoms with Crippen molar-refractivity contribution >= 4 is 28.5 Å². The molecule has 0 saturated carbocycles. The summed E-state index contributed by atoms with van der Waals surface area (Å²) in [5, 5.41) is 1.23. The Hall–Kier alpha value is -1.49. The van der Waals surface area contributed by atoms with Crippen LogP contribution in [-0.2, 0) is 0 Å². The Morgan fingerprint density at radius 1 is 1.14 bits per heavy atom. The highest BCUT2D eigenvalue weighted by Gasteiger charge is 2.10. The molecule has 0 N–H and O–H groups in total. The number of aromatic nitrogens is 2. The molecule has 0 fully saturated rings. The summed E-state index contributed by atoms with van der Waals surface area (Å²) >= 11 is 4.64. The fraction of sp³-hybridized carbons (Fsp3) is 0. The molecule has 70 valence electrons. The lowest BCUT2D eigenvalue weighted by Gasteiger charge is -2.01. The Balaban J connectivity index is 2.99. The minimum absolute atomic E-state index is 0.0301. The molecule has 0 spiro atoms. The first-order valence-corrected chi connectivity index (χ1v) is 4.25. The Kier molecular flexibility index (Phi) is 2.17.